The molecule has 0 saturated heterocycles. The SMILES string of the molecule is Cc1nc(-c2cccc(NC(=O)c3ccccc3N(C)C(=O)C3CC3)c2)n[nH]1. The number of aromatic nitrogens is 3. The Morgan fingerprint density at radius 1 is 1.14 bits per heavy atom. The van der Waals surface area contributed by atoms with Gasteiger partial charge in [0.15, 0.2) is 5.82 Å². The molecule has 2 amide bonds. The summed E-state index contributed by atoms with van der Waals surface area (Å²) >= 11 is 0. The Balaban J connectivity index is 1.57. The van der Waals surface area contributed by atoms with Crippen LogP contribution in [-0.2, 0) is 4.79 Å². The Morgan fingerprint density at radius 3 is 2.64 bits per heavy atom. The second-order valence-electron chi connectivity index (χ2n) is 6.97. The van der Waals surface area contributed by atoms with Gasteiger partial charge >= 0.3 is 0 Å². The second-order valence-corrected chi connectivity index (χ2v) is 6.97. The van der Waals surface area contributed by atoms with E-state index in [4.69, 9.17) is 0 Å². The Bertz CT molecular complexity index is 1040. The smallest absolute Gasteiger partial charge is 0.257 e. The molecule has 4 rings (SSSR count). The third-order valence-corrected chi connectivity index (χ3v) is 4.74. The van der Waals surface area contributed by atoms with Crippen molar-refractivity contribution in [3.63, 3.8) is 0 Å². The number of amides is 2. The van der Waals surface area contributed by atoms with E-state index in [-0.39, 0.29) is 17.7 Å². The maximum atomic E-state index is 12.9. The van der Waals surface area contributed by atoms with E-state index in [0.29, 0.717) is 22.8 Å². The minimum Gasteiger partial charge on any atom is -0.322 e. The first-order chi connectivity index (χ1) is 13.5. The average molecular weight is 375 g/mol. The minimum absolute atomic E-state index is 0.0576. The highest BCUT2D eigenvalue weighted by atomic mass is 16.2. The summed E-state index contributed by atoms with van der Waals surface area (Å²) in [6, 6.07) is 14.5. The van der Waals surface area contributed by atoms with Crippen molar-refractivity contribution in [2.24, 2.45) is 5.92 Å². The van der Waals surface area contributed by atoms with Gasteiger partial charge in [0.2, 0.25) is 5.91 Å². The molecule has 0 radical (unpaired) electrons. The van der Waals surface area contributed by atoms with Gasteiger partial charge in [0.25, 0.3) is 5.91 Å². The molecule has 1 aliphatic rings. The van der Waals surface area contributed by atoms with Crippen molar-refractivity contribution >= 4 is 23.2 Å². The molecule has 3 aromatic rings. The number of hydrogen-bond acceptors (Lipinski definition) is 4. The van der Waals surface area contributed by atoms with E-state index in [1.807, 2.05) is 37.3 Å². The van der Waals surface area contributed by atoms with E-state index in [1.54, 1.807) is 30.1 Å². The molecule has 0 spiro atoms. The van der Waals surface area contributed by atoms with Crippen molar-refractivity contribution in [3.05, 3.63) is 59.9 Å². The maximum absolute atomic E-state index is 12.9. The van der Waals surface area contributed by atoms with Gasteiger partial charge in [-0.1, -0.05) is 24.3 Å². The lowest BCUT2D eigenvalue weighted by Gasteiger charge is -2.20. The quantitative estimate of drug-likeness (QED) is 0.715. The van der Waals surface area contributed by atoms with Gasteiger partial charge in [-0.25, -0.2) is 4.98 Å². The van der Waals surface area contributed by atoms with Gasteiger partial charge in [0.05, 0.1) is 11.3 Å². The van der Waals surface area contributed by atoms with Crippen LogP contribution >= 0.6 is 0 Å². The Morgan fingerprint density at radius 2 is 1.93 bits per heavy atom. The monoisotopic (exact) mass is 375 g/mol. The predicted molar refractivity (Wildman–Crippen MR) is 107 cm³/mol. The normalized spacial score (nSPS) is 13.2. The topological polar surface area (TPSA) is 91.0 Å². The van der Waals surface area contributed by atoms with Gasteiger partial charge in [-0.05, 0) is 44.0 Å². The minimum atomic E-state index is -0.269. The van der Waals surface area contributed by atoms with Gasteiger partial charge in [-0.15, -0.1) is 0 Å². The number of nitrogens with zero attached hydrogens (tertiary/aromatic N) is 3. The largest absolute Gasteiger partial charge is 0.322 e. The van der Waals surface area contributed by atoms with Crippen molar-refractivity contribution in [1.29, 1.82) is 0 Å². The Kier molecular flexibility index (Phi) is 4.65. The molecule has 0 unspecified atom stereocenters. The van der Waals surface area contributed by atoms with Crippen LogP contribution in [0.3, 0.4) is 0 Å². The number of aromatic amines is 1. The molecule has 2 aromatic carbocycles. The summed E-state index contributed by atoms with van der Waals surface area (Å²) in [5.74, 6) is 1.17. The number of carbonyl (C=O) groups excluding carboxylic acids is 2. The number of para-hydroxylation sites is 1. The number of benzene rings is 2. The molecule has 7 heteroatoms. The highest BCUT2D eigenvalue weighted by Gasteiger charge is 2.33. The van der Waals surface area contributed by atoms with Gasteiger partial charge in [0, 0.05) is 24.2 Å². The summed E-state index contributed by atoms with van der Waals surface area (Å²) in [6.45, 7) is 1.83. The molecule has 0 aliphatic heterocycles. The zero-order valence-corrected chi connectivity index (χ0v) is 15.8. The molecule has 1 heterocycles. The predicted octanol–water partition coefficient (Wildman–Crippen LogP) is 3.41. The number of H-pyrrole nitrogens is 1. The molecule has 1 aliphatic carbocycles. The Labute approximate surface area is 162 Å². The van der Waals surface area contributed by atoms with E-state index in [9.17, 15) is 9.59 Å². The summed E-state index contributed by atoms with van der Waals surface area (Å²) in [7, 11) is 1.72. The summed E-state index contributed by atoms with van der Waals surface area (Å²) in [5.41, 5.74) is 2.50. The average Bonchev–Trinajstić information content (AvgIpc) is 3.47. The van der Waals surface area contributed by atoms with Crippen LogP contribution in [0.15, 0.2) is 48.5 Å². The van der Waals surface area contributed by atoms with E-state index in [2.05, 4.69) is 20.5 Å². The number of hydrogen-bond donors (Lipinski definition) is 2. The van der Waals surface area contributed by atoms with Crippen LogP contribution in [0.5, 0.6) is 0 Å². The fourth-order valence-electron chi connectivity index (χ4n) is 3.09. The van der Waals surface area contributed by atoms with Crippen molar-refractivity contribution in [3.8, 4) is 11.4 Å². The number of carbonyl (C=O) groups is 2. The van der Waals surface area contributed by atoms with Gasteiger partial charge < -0.3 is 10.2 Å². The number of rotatable bonds is 5. The van der Waals surface area contributed by atoms with Crippen molar-refractivity contribution < 1.29 is 9.59 Å². The lowest BCUT2D eigenvalue weighted by Crippen LogP contribution is -2.29. The molecule has 2 N–H and O–H groups in total. The van der Waals surface area contributed by atoms with Crippen LogP contribution in [0.2, 0.25) is 0 Å². The molecule has 1 aromatic heterocycles. The lowest BCUT2D eigenvalue weighted by atomic mass is 10.1. The van der Waals surface area contributed by atoms with Gasteiger partial charge in [0.1, 0.15) is 5.82 Å². The zero-order valence-electron chi connectivity index (χ0n) is 15.8. The molecular formula is C21H21N5O2. The summed E-state index contributed by atoms with van der Waals surface area (Å²) < 4.78 is 0. The highest BCUT2D eigenvalue weighted by Crippen LogP contribution is 2.33. The molecule has 0 bridgehead atoms. The first-order valence-electron chi connectivity index (χ1n) is 9.20. The van der Waals surface area contributed by atoms with Crippen LogP contribution in [-0.4, -0.2) is 34.0 Å². The summed E-state index contributed by atoms with van der Waals surface area (Å²) in [5, 5.41) is 9.87. The number of aryl methyl sites for hydroxylation is 1. The van der Waals surface area contributed by atoms with Crippen LogP contribution in [0, 0.1) is 12.8 Å². The summed E-state index contributed by atoms with van der Waals surface area (Å²) in [6.07, 6.45) is 1.84. The fourth-order valence-corrected chi connectivity index (χ4v) is 3.09. The number of nitrogens with one attached hydrogen (secondary N) is 2. The number of anilines is 2. The van der Waals surface area contributed by atoms with Crippen LogP contribution < -0.4 is 10.2 Å². The first kappa shape index (κ1) is 17.9. The Hall–Kier alpha value is -3.48. The standard InChI is InChI=1S/C21H21N5O2/c1-13-22-19(25-24-13)15-6-5-7-16(12-15)23-20(27)17-8-3-4-9-18(17)26(2)21(28)14-10-11-14/h3-9,12,14H,10-11H2,1-2H3,(H,23,27)(H,22,24,25). The molecule has 142 valence electrons. The third kappa shape index (κ3) is 3.64. The second kappa shape index (κ2) is 7.26. The van der Waals surface area contributed by atoms with Crippen molar-refractivity contribution in [2.75, 3.05) is 17.3 Å². The molecular weight excluding hydrogens is 354 g/mol. The summed E-state index contributed by atoms with van der Waals surface area (Å²) in [4.78, 5) is 31.2. The van der Waals surface area contributed by atoms with Crippen LogP contribution in [0.1, 0.15) is 29.0 Å². The van der Waals surface area contributed by atoms with Crippen LogP contribution in [0.4, 0.5) is 11.4 Å². The highest BCUT2D eigenvalue weighted by molar-refractivity contribution is 6.11. The fraction of sp³-hybridized carbons (Fsp3) is 0.238. The molecule has 1 saturated carbocycles. The molecule has 0 atom stereocenters. The maximum Gasteiger partial charge on any atom is 0.257 e. The third-order valence-electron chi connectivity index (χ3n) is 4.74. The van der Waals surface area contributed by atoms with Crippen molar-refractivity contribution in [1.82, 2.24) is 15.2 Å². The van der Waals surface area contributed by atoms with Crippen molar-refractivity contribution in [2.45, 2.75) is 19.8 Å². The lowest BCUT2D eigenvalue weighted by molar-refractivity contribution is -0.119. The van der Waals surface area contributed by atoms with E-state index in [0.717, 1.165) is 24.2 Å². The van der Waals surface area contributed by atoms with Gasteiger partial charge in [-0.3, -0.25) is 14.7 Å². The zero-order chi connectivity index (χ0) is 19.7. The molecule has 28 heavy (non-hydrogen) atoms. The van der Waals surface area contributed by atoms with E-state index in [1.165, 1.54) is 0 Å². The van der Waals surface area contributed by atoms with E-state index >= 15 is 0 Å². The first-order valence-corrected chi connectivity index (χ1v) is 9.20. The van der Waals surface area contributed by atoms with Crippen LogP contribution in [0.25, 0.3) is 11.4 Å². The molecule has 7 nitrogen and oxygen atoms in total. The van der Waals surface area contributed by atoms with Gasteiger partial charge in [-0.2, -0.15) is 5.10 Å². The van der Waals surface area contributed by atoms with E-state index < -0.39 is 0 Å². The molecule has 1 fully saturated rings.